The Kier molecular flexibility index (Phi) is 1.78. The van der Waals surface area contributed by atoms with Gasteiger partial charge in [0.25, 0.3) is 0 Å². The zero-order valence-electron chi connectivity index (χ0n) is 6.48. The molecule has 2 heteroatoms. The van der Waals surface area contributed by atoms with E-state index < -0.39 is 0 Å². The third-order valence-corrected chi connectivity index (χ3v) is 2.45. The first kappa shape index (κ1) is 7.03. The van der Waals surface area contributed by atoms with Gasteiger partial charge >= 0.3 is 0 Å². The molecule has 0 amide bonds. The summed E-state index contributed by atoms with van der Waals surface area (Å²) >= 11 is 0. The summed E-state index contributed by atoms with van der Waals surface area (Å²) in [6, 6.07) is 0. The highest BCUT2D eigenvalue weighted by Crippen LogP contribution is 2.27. The summed E-state index contributed by atoms with van der Waals surface area (Å²) in [5.41, 5.74) is 0.306. The van der Waals surface area contributed by atoms with Crippen molar-refractivity contribution >= 4 is 0 Å². The van der Waals surface area contributed by atoms with Crippen LogP contribution in [0.5, 0.6) is 0 Å². The maximum atomic E-state index is 5.29. The molecule has 0 aromatic heterocycles. The van der Waals surface area contributed by atoms with E-state index in [2.05, 4.69) is 13.8 Å². The molecule has 1 aliphatic heterocycles. The van der Waals surface area contributed by atoms with Gasteiger partial charge in [-0.25, -0.2) is 0 Å². The fourth-order valence-electron chi connectivity index (χ4n) is 1.12. The highest BCUT2D eigenvalue weighted by Gasteiger charge is 2.33. The Balaban J connectivity index is 2.56. The second-order valence-corrected chi connectivity index (χ2v) is 2.93. The van der Waals surface area contributed by atoms with Crippen molar-refractivity contribution in [3.05, 3.63) is 0 Å². The second kappa shape index (κ2) is 2.27. The van der Waals surface area contributed by atoms with Gasteiger partial charge in [0.1, 0.15) is 0 Å². The van der Waals surface area contributed by atoms with Gasteiger partial charge in [-0.2, -0.15) is 5.06 Å². The monoisotopic (exact) mass is 129 g/mol. The lowest BCUT2D eigenvalue weighted by Gasteiger charge is -2.27. The van der Waals surface area contributed by atoms with Crippen LogP contribution in [0, 0.1) is 0 Å². The zero-order valence-corrected chi connectivity index (χ0v) is 6.48. The standard InChI is InChI=1S/C7H15NO/c1-4-7(2)5-6-9-8(7)3/h4-6H2,1-3H3/t7-/m0/s1. The summed E-state index contributed by atoms with van der Waals surface area (Å²) in [5.74, 6) is 0. The van der Waals surface area contributed by atoms with Crippen LogP contribution in [0.2, 0.25) is 0 Å². The van der Waals surface area contributed by atoms with E-state index in [0.717, 1.165) is 6.61 Å². The highest BCUT2D eigenvalue weighted by atomic mass is 16.7. The van der Waals surface area contributed by atoms with Crippen molar-refractivity contribution in [2.24, 2.45) is 0 Å². The van der Waals surface area contributed by atoms with Crippen LogP contribution in [0.15, 0.2) is 0 Å². The summed E-state index contributed by atoms with van der Waals surface area (Å²) in [5, 5.41) is 1.98. The Morgan fingerprint density at radius 2 is 2.33 bits per heavy atom. The molecule has 54 valence electrons. The lowest BCUT2D eigenvalue weighted by molar-refractivity contribution is -0.138. The maximum absolute atomic E-state index is 5.29. The summed E-state index contributed by atoms with van der Waals surface area (Å²) < 4.78 is 0. The molecule has 9 heavy (non-hydrogen) atoms. The highest BCUT2D eigenvalue weighted by molar-refractivity contribution is 4.82. The third kappa shape index (κ3) is 1.10. The van der Waals surface area contributed by atoms with E-state index in [-0.39, 0.29) is 0 Å². The number of hydrogen-bond acceptors (Lipinski definition) is 2. The van der Waals surface area contributed by atoms with Gasteiger partial charge in [-0.3, -0.25) is 4.84 Å². The minimum atomic E-state index is 0.306. The smallest absolute Gasteiger partial charge is 0.0703 e. The summed E-state index contributed by atoms with van der Waals surface area (Å²) in [6.45, 7) is 5.33. The molecule has 0 aromatic carbocycles. The number of hydroxylamine groups is 2. The average molecular weight is 129 g/mol. The van der Waals surface area contributed by atoms with Crippen LogP contribution in [0.4, 0.5) is 0 Å². The molecule has 0 saturated carbocycles. The van der Waals surface area contributed by atoms with Gasteiger partial charge in [0.05, 0.1) is 6.61 Å². The van der Waals surface area contributed by atoms with E-state index in [0.29, 0.717) is 5.54 Å². The third-order valence-electron chi connectivity index (χ3n) is 2.45. The van der Waals surface area contributed by atoms with Gasteiger partial charge in [-0.1, -0.05) is 6.92 Å². The first-order valence-electron chi connectivity index (χ1n) is 3.56. The second-order valence-electron chi connectivity index (χ2n) is 2.93. The van der Waals surface area contributed by atoms with Crippen LogP contribution < -0.4 is 0 Å². The Morgan fingerprint density at radius 3 is 2.56 bits per heavy atom. The molecule has 0 radical (unpaired) electrons. The van der Waals surface area contributed by atoms with Crippen LogP contribution >= 0.6 is 0 Å². The molecule has 1 fully saturated rings. The SMILES string of the molecule is CC[C@@]1(C)CCON1C. The quantitative estimate of drug-likeness (QED) is 0.531. The fraction of sp³-hybridized carbons (Fsp3) is 1.00. The Labute approximate surface area is 56.8 Å². The molecular formula is C7H15NO. The molecule has 0 N–H and O–H groups in total. The molecule has 1 atom stereocenters. The Bertz CT molecular complexity index is 105. The van der Waals surface area contributed by atoms with Crippen LogP contribution in [0.3, 0.4) is 0 Å². The van der Waals surface area contributed by atoms with Crippen LogP contribution in [0.25, 0.3) is 0 Å². The number of hydrogen-bond donors (Lipinski definition) is 0. The summed E-state index contributed by atoms with van der Waals surface area (Å²) in [4.78, 5) is 5.29. The molecule has 0 spiro atoms. The van der Waals surface area contributed by atoms with Gasteiger partial charge in [-0.15, -0.1) is 0 Å². The average Bonchev–Trinajstić information content (AvgIpc) is 2.15. The first-order valence-corrected chi connectivity index (χ1v) is 3.56. The molecule has 0 bridgehead atoms. The van der Waals surface area contributed by atoms with Gasteiger partial charge in [-0.05, 0) is 19.8 Å². The van der Waals surface area contributed by atoms with Crippen molar-refractivity contribution in [2.45, 2.75) is 32.2 Å². The molecule has 0 aliphatic carbocycles. The van der Waals surface area contributed by atoms with Gasteiger partial charge in [0.15, 0.2) is 0 Å². The van der Waals surface area contributed by atoms with Crippen molar-refractivity contribution in [1.82, 2.24) is 5.06 Å². The predicted molar refractivity (Wildman–Crippen MR) is 37.0 cm³/mol. The van der Waals surface area contributed by atoms with Crippen LogP contribution in [-0.4, -0.2) is 24.3 Å². The molecular weight excluding hydrogens is 114 g/mol. The van der Waals surface area contributed by atoms with E-state index >= 15 is 0 Å². The minimum Gasteiger partial charge on any atom is -0.299 e. The molecule has 2 nitrogen and oxygen atoms in total. The van der Waals surface area contributed by atoms with E-state index in [1.807, 2.05) is 12.1 Å². The molecule has 1 heterocycles. The van der Waals surface area contributed by atoms with Crippen molar-refractivity contribution in [2.75, 3.05) is 13.7 Å². The summed E-state index contributed by atoms with van der Waals surface area (Å²) in [6.07, 6.45) is 2.34. The van der Waals surface area contributed by atoms with Gasteiger partial charge in [0, 0.05) is 12.6 Å². The topological polar surface area (TPSA) is 12.5 Å². The molecule has 0 unspecified atom stereocenters. The van der Waals surface area contributed by atoms with Crippen molar-refractivity contribution in [3.63, 3.8) is 0 Å². The fourth-order valence-corrected chi connectivity index (χ4v) is 1.12. The van der Waals surface area contributed by atoms with E-state index in [9.17, 15) is 0 Å². The number of rotatable bonds is 1. The lowest BCUT2D eigenvalue weighted by Crippen LogP contribution is -2.36. The molecule has 1 rings (SSSR count). The maximum Gasteiger partial charge on any atom is 0.0703 e. The van der Waals surface area contributed by atoms with Crippen LogP contribution in [0.1, 0.15) is 26.7 Å². The van der Waals surface area contributed by atoms with Gasteiger partial charge < -0.3 is 0 Å². The number of nitrogens with zero attached hydrogens (tertiary/aromatic N) is 1. The van der Waals surface area contributed by atoms with Crippen LogP contribution in [-0.2, 0) is 4.84 Å². The lowest BCUT2D eigenvalue weighted by atomic mass is 9.96. The van der Waals surface area contributed by atoms with E-state index in [4.69, 9.17) is 4.84 Å². The van der Waals surface area contributed by atoms with Crippen molar-refractivity contribution in [3.8, 4) is 0 Å². The van der Waals surface area contributed by atoms with E-state index in [1.54, 1.807) is 0 Å². The Hall–Kier alpha value is -0.0800. The predicted octanol–water partition coefficient (Wildman–Crippen LogP) is 1.42. The summed E-state index contributed by atoms with van der Waals surface area (Å²) in [7, 11) is 2.01. The van der Waals surface area contributed by atoms with Gasteiger partial charge in [0.2, 0.25) is 0 Å². The molecule has 1 aliphatic rings. The van der Waals surface area contributed by atoms with Crippen molar-refractivity contribution < 1.29 is 4.84 Å². The van der Waals surface area contributed by atoms with Crippen molar-refractivity contribution in [1.29, 1.82) is 0 Å². The minimum absolute atomic E-state index is 0.306. The van der Waals surface area contributed by atoms with E-state index in [1.165, 1.54) is 12.8 Å². The largest absolute Gasteiger partial charge is 0.299 e. The first-order chi connectivity index (χ1) is 4.19. The molecule has 0 aromatic rings. The molecule has 1 saturated heterocycles. The Morgan fingerprint density at radius 1 is 1.67 bits per heavy atom. The normalized spacial score (nSPS) is 37.7. The zero-order chi connectivity index (χ0) is 6.91.